The number of aromatic nitrogens is 3. The van der Waals surface area contributed by atoms with Gasteiger partial charge in [0, 0.05) is 23.5 Å². The fraction of sp³-hybridized carbons (Fsp3) is 0.304. The zero-order valence-electron chi connectivity index (χ0n) is 16.4. The van der Waals surface area contributed by atoms with Crippen molar-refractivity contribution in [2.75, 3.05) is 0 Å². The first-order valence-electron chi connectivity index (χ1n) is 10.2. The average Bonchev–Trinajstić information content (AvgIpc) is 3.12. The summed E-state index contributed by atoms with van der Waals surface area (Å²) in [4.78, 5) is 24.7. The molecule has 2 heterocycles. The number of rotatable bonds is 4. The molecular formula is C23H21N5O2. The van der Waals surface area contributed by atoms with Crippen LogP contribution in [0.3, 0.4) is 0 Å². The van der Waals surface area contributed by atoms with Crippen molar-refractivity contribution in [1.29, 1.82) is 5.26 Å². The maximum Gasteiger partial charge on any atom is 0.337 e. The molecule has 2 aliphatic carbocycles. The van der Waals surface area contributed by atoms with Crippen LogP contribution in [0.4, 0.5) is 0 Å². The Morgan fingerprint density at radius 3 is 2.87 bits per heavy atom. The Hall–Kier alpha value is -3.50. The number of H-pyrrole nitrogens is 1. The van der Waals surface area contributed by atoms with E-state index in [0.717, 1.165) is 47.3 Å². The number of carboxylic acid groups (broad SMARTS) is 1. The number of hydrogen-bond donors (Lipinski definition) is 3. The molecule has 0 radical (unpaired) electrons. The van der Waals surface area contributed by atoms with Gasteiger partial charge in [-0.2, -0.15) is 5.26 Å². The number of aromatic amines is 1. The maximum atomic E-state index is 12.1. The molecule has 0 saturated heterocycles. The van der Waals surface area contributed by atoms with Gasteiger partial charge >= 0.3 is 5.97 Å². The molecule has 1 unspecified atom stereocenters. The van der Waals surface area contributed by atoms with Crippen LogP contribution in [0.2, 0.25) is 0 Å². The highest BCUT2D eigenvalue weighted by Gasteiger charge is 2.35. The molecule has 7 heteroatoms. The van der Waals surface area contributed by atoms with E-state index in [1.807, 2.05) is 6.07 Å². The van der Waals surface area contributed by atoms with Gasteiger partial charge in [-0.3, -0.25) is 0 Å². The van der Waals surface area contributed by atoms with Crippen LogP contribution in [0.25, 0.3) is 22.8 Å². The number of nitrogens with one attached hydrogen (secondary N) is 1. The molecule has 0 aliphatic heterocycles. The van der Waals surface area contributed by atoms with Crippen molar-refractivity contribution < 1.29 is 9.90 Å². The second-order valence-corrected chi connectivity index (χ2v) is 8.05. The summed E-state index contributed by atoms with van der Waals surface area (Å²) in [5, 5.41) is 19.1. The molecule has 3 aromatic rings. The minimum atomic E-state index is -0.947. The molecule has 150 valence electrons. The summed E-state index contributed by atoms with van der Waals surface area (Å²) < 4.78 is 0. The van der Waals surface area contributed by atoms with Crippen LogP contribution in [-0.4, -0.2) is 26.0 Å². The van der Waals surface area contributed by atoms with E-state index in [4.69, 9.17) is 10.7 Å². The minimum Gasteiger partial charge on any atom is -0.478 e. The lowest BCUT2D eigenvalue weighted by Gasteiger charge is -2.31. The highest BCUT2D eigenvalue weighted by Crippen LogP contribution is 2.42. The molecule has 7 nitrogen and oxygen atoms in total. The maximum absolute atomic E-state index is 12.1. The first-order chi connectivity index (χ1) is 14.6. The van der Waals surface area contributed by atoms with Gasteiger partial charge in [0.15, 0.2) is 5.82 Å². The van der Waals surface area contributed by atoms with E-state index in [9.17, 15) is 15.2 Å². The van der Waals surface area contributed by atoms with Crippen LogP contribution in [0.15, 0.2) is 30.5 Å². The summed E-state index contributed by atoms with van der Waals surface area (Å²) in [7, 11) is 0. The Morgan fingerprint density at radius 1 is 1.33 bits per heavy atom. The van der Waals surface area contributed by atoms with Crippen molar-refractivity contribution in [3.8, 4) is 28.8 Å². The number of aromatic carboxylic acids is 1. The van der Waals surface area contributed by atoms with Crippen molar-refractivity contribution in [2.45, 2.75) is 38.1 Å². The van der Waals surface area contributed by atoms with E-state index >= 15 is 0 Å². The number of nitriles is 1. The molecule has 2 aromatic heterocycles. The molecule has 0 amide bonds. The Labute approximate surface area is 173 Å². The number of carbonyl (C=O) groups is 1. The van der Waals surface area contributed by atoms with Gasteiger partial charge in [0.25, 0.3) is 0 Å². The fourth-order valence-electron chi connectivity index (χ4n) is 4.47. The van der Waals surface area contributed by atoms with Crippen LogP contribution in [-0.2, 0) is 12.8 Å². The molecule has 1 aromatic carbocycles. The molecule has 2 aliphatic rings. The molecular weight excluding hydrogens is 378 g/mol. The minimum absolute atomic E-state index is 0.307. The molecule has 5 rings (SSSR count). The molecule has 30 heavy (non-hydrogen) atoms. The highest BCUT2D eigenvalue weighted by atomic mass is 16.4. The number of aryl methyl sites for hydroxylation is 1. The normalized spacial score (nSPS) is 16.1. The van der Waals surface area contributed by atoms with E-state index < -0.39 is 5.97 Å². The molecule has 1 atom stereocenters. The van der Waals surface area contributed by atoms with E-state index in [-0.39, 0.29) is 6.04 Å². The Balaban J connectivity index is 1.64. The number of nitrogens with zero attached hydrogens (tertiary/aromatic N) is 3. The quantitative estimate of drug-likeness (QED) is 0.615. The van der Waals surface area contributed by atoms with Gasteiger partial charge in [-0.1, -0.05) is 18.6 Å². The SMILES string of the molecule is N#Cc1cccc(-c2ncc3c(n2)-c2[nH]c(C(N)C4CCC4)c(C(=O)O)c2CC3)c1. The lowest BCUT2D eigenvalue weighted by atomic mass is 9.78. The number of benzene rings is 1. The molecule has 4 N–H and O–H groups in total. The predicted molar refractivity (Wildman–Crippen MR) is 111 cm³/mol. The van der Waals surface area contributed by atoms with Crippen molar-refractivity contribution in [3.05, 3.63) is 58.4 Å². The highest BCUT2D eigenvalue weighted by molar-refractivity contribution is 5.94. The van der Waals surface area contributed by atoms with E-state index in [0.29, 0.717) is 41.4 Å². The topological polar surface area (TPSA) is 129 Å². The van der Waals surface area contributed by atoms with E-state index in [2.05, 4.69) is 16.0 Å². The van der Waals surface area contributed by atoms with Gasteiger partial charge in [-0.05, 0) is 54.9 Å². The summed E-state index contributed by atoms with van der Waals surface area (Å²) in [5.41, 5.74) is 11.9. The molecule has 1 fully saturated rings. The number of carboxylic acids is 1. The monoisotopic (exact) mass is 399 g/mol. The molecule has 0 bridgehead atoms. The van der Waals surface area contributed by atoms with Crippen LogP contribution in [0, 0.1) is 17.2 Å². The summed E-state index contributed by atoms with van der Waals surface area (Å²) in [6, 6.07) is 8.97. The van der Waals surface area contributed by atoms with E-state index in [1.54, 1.807) is 24.4 Å². The smallest absolute Gasteiger partial charge is 0.337 e. The molecule has 1 saturated carbocycles. The van der Waals surface area contributed by atoms with Gasteiger partial charge in [0.05, 0.1) is 28.6 Å². The van der Waals surface area contributed by atoms with Crippen molar-refractivity contribution in [1.82, 2.24) is 15.0 Å². The van der Waals surface area contributed by atoms with Crippen molar-refractivity contribution in [2.24, 2.45) is 11.7 Å². The Kier molecular flexibility index (Phi) is 4.37. The Bertz CT molecular complexity index is 1200. The summed E-state index contributed by atoms with van der Waals surface area (Å²) in [5.74, 6) is -0.121. The largest absolute Gasteiger partial charge is 0.478 e. The lowest BCUT2D eigenvalue weighted by Crippen LogP contribution is -2.28. The number of hydrogen-bond acceptors (Lipinski definition) is 5. The standard InChI is InChI=1S/C23H21N5O2/c24-10-12-3-1-6-14(9-12)22-26-11-15-7-8-16-17(23(29)30)21(18(25)13-4-2-5-13)27-20(16)19(15)28-22/h1,3,6,9,11,13,18,27H,2,4-5,7-8,25H2,(H,29,30). The zero-order valence-corrected chi connectivity index (χ0v) is 16.4. The van der Waals surface area contributed by atoms with Gasteiger partial charge in [-0.25, -0.2) is 14.8 Å². The first kappa shape index (κ1) is 18.5. The second kappa shape index (κ2) is 7.08. The number of fused-ring (bicyclic) bond motifs is 3. The van der Waals surface area contributed by atoms with Gasteiger partial charge < -0.3 is 15.8 Å². The van der Waals surface area contributed by atoms with Gasteiger partial charge in [0.1, 0.15) is 0 Å². The third-order valence-corrected chi connectivity index (χ3v) is 6.33. The third kappa shape index (κ3) is 2.88. The summed E-state index contributed by atoms with van der Waals surface area (Å²) in [6.45, 7) is 0. The fourth-order valence-corrected chi connectivity index (χ4v) is 4.47. The first-order valence-corrected chi connectivity index (χ1v) is 10.2. The lowest BCUT2D eigenvalue weighted by molar-refractivity contribution is 0.0693. The summed E-state index contributed by atoms with van der Waals surface area (Å²) in [6.07, 6.45) is 6.29. The van der Waals surface area contributed by atoms with Crippen LogP contribution < -0.4 is 5.73 Å². The van der Waals surface area contributed by atoms with Crippen LogP contribution >= 0.6 is 0 Å². The van der Waals surface area contributed by atoms with Gasteiger partial charge in [-0.15, -0.1) is 0 Å². The average molecular weight is 399 g/mol. The van der Waals surface area contributed by atoms with Crippen molar-refractivity contribution >= 4 is 5.97 Å². The Morgan fingerprint density at radius 2 is 2.17 bits per heavy atom. The predicted octanol–water partition coefficient (Wildman–Crippen LogP) is 3.61. The van der Waals surface area contributed by atoms with Crippen LogP contribution in [0.1, 0.15) is 58.0 Å². The van der Waals surface area contributed by atoms with Crippen molar-refractivity contribution in [3.63, 3.8) is 0 Å². The van der Waals surface area contributed by atoms with Crippen LogP contribution in [0.5, 0.6) is 0 Å². The van der Waals surface area contributed by atoms with Gasteiger partial charge in [0.2, 0.25) is 0 Å². The molecule has 0 spiro atoms. The second-order valence-electron chi connectivity index (χ2n) is 8.05. The summed E-state index contributed by atoms with van der Waals surface area (Å²) >= 11 is 0. The van der Waals surface area contributed by atoms with E-state index in [1.165, 1.54) is 0 Å². The third-order valence-electron chi connectivity index (χ3n) is 6.33. The zero-order chi connectivity index (χ0) is 20.8. The number of nitrogens with two attached hydrogens (primary N) is 1.